The van der Waals surface area contributed by atoms with Crippen molar-refractivity contribution in [1.29, 1.82) is 0 Å². The highest BCUT2D eigenvalue weighted by molar-refractivity contribution is 14.1. The molecule has 0 radical (unpaired) electrons. The number of benzene rings is 2. The Bertz CT molecular complexity index is 1020. The number of hydrogen-bond acceptors (Lipinski definition) is 4. The molecule has 2 N–H and O–H groups in total. The number of nitrogens with zero attached hydrogens (tertiary/aromatic N) is 1. The Kier molecular flexibility index (Phi) is 6.69. The Balaban J connectivity index is 1.18. The van der Waals surface area contributed by atoms with Crippen LogP contribution in [0.4, 0.5) is 10.5 Å². The Morgan fingerprint density at radius 2 is 1.87 bits per heavy atom. The van der Waals surface area contributed by atoms with Crippen molar-refractivity contribution >= 4 is 51.1 Å². The van der Waals surface area contributed by atoms with Gasteiger partial charge in [0.05, 0.1) is 0 Å². The number of likely N-dealkylation sites (tertiary alicyclic amines) is 1. The number of ether oxygens (including phenoxy) is 1. The Hall–Kier alpha value is -2.39. The summed E-state index contributed by atoms with van der Waals surface area (Å²) in [4.78, 5) is 30.1. The Labute approximate surface area is 189 Å². The van der Waals surface area contributed by atoms with Crippen LogP contribution in [0.1, 0.15) is 23.2 Å². The van der Waals surface area contributed by atoms with Gasteiger partial charge in [0.25, 0.3) is 0 Å². The second-order valence-electron chi connectivity index (χ2n) is 7.53. The number of rotatable bonds is 6. The number of fused-ring (bicyclic) bond motifs is 1. The van der Waals surface area contributed by atoms with E-state index >= 15 is 0 Å². The first-order valence-corrected chi connectivity index (χ1v) is 11.2. The van der Waals surface area contributed by atoms with Gasteiger partial charge in [-0.3, -0.25) is 15.0 Å². The third-order valence-electron chi connectivity index (χ3n) is 5.53. The summed E-state index contributed by atoms with van der Waals surface area (Å²) in [7, 11) is 0. The van der Waals surface area contributed by atoms with Crippen LogP contribution in [0, 0.1) is 9.49 Å². The average molecular weight is 517 g/mol. The highest BCUT2D eigenvalue weighted by Gasteiger charge is 2.25. The van der Waals surface area contributed by atoms with E-state index in [4.69, 9.17) is 4.74 Å². The van der Waals surface area contributed by atoms with E-state index < -0.39 is 6.09 Å². The molecule has 1 aliphatic rings. The van der Waals surface area contributed by atoms with Gasteiger partial charge < -0.3 is 9.72 Å². The molecule has 0 bridgehead atoms. The molecule has 1 aromatic heterocycles. The maximum atomic E-state index is 12.7. The predicted octanol–water partition coefficient (Wildman–Crippen LogP) is 4.92. The maximum absolute atomic E-state index is 12.7. The van der Waals surface area contributed by atoms with Gasteiger partial charge in [0.2, 0.25) is 0 Å². The zero-order valence-corrected chi connectivity index (χ0v) is 18.7. The fraction of sp³-hybridized carbons (Fsp3) is 0.304. The Morgan fingerprint density at radius 1 is 1.10 bits per heavy atom. The largest absolute Gasteiger partial charge is 0.448 e. The topological polar surface area (TPSA) is 74.4 Å². The molecular formula is C23H24IN3O3. The van der Waals surface area contributed by atoms with Crippen LogP contribution in [-0.2, 0) is 4.74 Å². The summed E-state index contributed by atoms with van der Waals surface area (Å²) in [5.41, 5.74) is 2.53. The quantitative estimate of drug-likeness (QED) is 0.360. The molecule has 4 rings (SSSR count). The van der Waals surface area contributed by atoms with Crippen molar-refractivity contribution in [3.05, 3.63) is 63.9 Å². The van der Waals surface area contributed by atoms with Gasteiger partial charge in [-0.15, -0.1) is 0 Å². The molecule has 6 nitrogen and oxygen atoms in total. The van der Waals surface area contributed by atoms with E-state index in [-0.39, 0.29) is 11.7 Å². The van der Waals surface area contributed by atoms with Gasteiger partial charge in [-0.05, 0) is 84.9 Å². The first-order chi connectivity index (χ1) is 14.6. The number of aromatic amines is 1. The fourth-order valence-electron chi connectivity index (χ4n) is 3.82. The van der Waals surface area contributed by atoms with E-state index in [2.05, 4.69) is 37.8 Å². The third-order valence-corrected chi connectivity index (χ3v) is 6.25. The minimum Gasteiger partial charge on any atom is -0.448 e. The van der Waals surface area contributed by atoms with Crippen molar-refractivity contribution in [2.24, 2.45) is 5.92 Å². The van der Waals surface area contributed by atoms with Crippen LogP contribution in [0.2, 0.25) is 0 Å². The number of ketones is 1. The van der Waals surface area contributed by atoms with Gasteiger partial charge in [0.1, 0.15) is 6.61 Å². The number of halogens is 1. The standard InChI is InChI=1S/C23H24IN3O3/c24-19-3-1-16(2-4-19)22(28)17-8-11-27(12-9-17)13-14-30-23(29)26-20-5-6-21-18(15-20)7-10-25-21/h1-7,10,15,17,25H,8-9,11-14H2,(H,26,29). The van der Waals surface area contributed by atoms with Crippen LogP contribution in [0.3, 0.4) is 0 Å². The van der Waals surface area contributed by atoms with Crippen LogP contribution in [-0.4, -0.2) is 48.0 Å². The number of aromatic nitrogens is 1. The molecule has 3 aromatic rings. The van der Waals surface area contributed by atoms with Crippen molar-refractivity contribution < 1.29 is 14.3 Å². The van der Waals surface area contributed by atoms with E-state index in [0.29, 0.717) is 18.8 Å². The predicted molar refractivity (Wildman–Crippen MR) is 126 cm³/mol. The molecule has 7 heteroatoms. The summed E-state index contributed by atoms with van der Waals surface area (Å²) >= 11 is 2.24. The molecule has 2 aromatic carbocycles. The number of amides is 1. The minimum absolute atomic E-state index is 0.0777. The first kappa shape index (κ1) is 20.9. The highest BCUT2D eigenvalue weighted by atomic mass is 127. The van der Waals surface area contributed by atoms with Crippen molar-refractivity contribution in [3.63, 3.8) is 0 Å². The molecule has 156 valence electrons. The molecule has 1 saturated heterocycles. The van der Waals surface area contributed by atoms with Crippen molar-refractivity contribution in [1.82, 2.24) is 9.88 Å². The zero-order valence-electron chi connectivity index (χ0n) is 16.6. The van der Waals surface area contributed by atoms with Crippen molar-refractivity contribution in [2.45, 2.75) is 12.8 Å². The van der Waals surface area contributed by atoms with E-state index in [1.165, 1.54) is 0 Å². The zero-order chi connectivity index (χ0) is 20.9. The fourth-order valence-corrected chi connectivity index (χ4v) is 4.18. The van der Waals surface area contributed by atoms with Gasteiger partial charge in [-0.1, -0.05) is 12.1 Å². The lowest BCUT2D eigenvalue weighted by Gasteiger charge is -2.31. The molecule has 30 heavy (non-hydrogen) atoms. The molecule has 0 unspecified atom stereocenters. The van der Waals surface area contributed by atoms with Crippen molar-refractivity contribution in [3.8, 4) is 0 Å². The number of carbonyl (C=O) groups excluding carboxylic acids is 2. The number of nitrogens with one attached hydrogen (secondary N) is 2. The van der Waals surface area contributed by atoms with Crippen LogP contribution >= 0.6 is 22.6 Å². The van der Waals surface area contributed by atoms with E-state index in [1.54, 1.807) is 0 Å². The number of H-pyrrole nitrogens is 1. The van der Waals surface area contributed by atoms with E-state index in [0.717, 1.165) is 46.0 Å². The number of Topliss-reactive ketones (excluding diaryl/α,β-unsaturated/α-hetero) is 1. The summed E-state index contributed by atoms with van der Waals surface area (Å²) in [5.74, 6) is 0.315. The maximum Gasteiger partial charge on any atom is 0.411 e. The summed E-state index contributed by atoms with van der Waals surface area (Å²) in [6.07, 6.45) is 3.10. The van der Waals surface area contributed by atoms with E-state index in [9.17, 15) is 9.59 Å². The molecule has 0 saturated carbocycles. The third kappa shape index (κ3) is 5.20. The number of hydrogen-bond donors (Lipinski definition) is 2. The molecular weight excluding hydrogens is 493 g/mol. The lowest BCUT2D eigenvalue weighted by atomic mass is 9.89. The lowest BCUT2D eigenvalue weighted by molar-refractivity contribution is 0.0813. The Morgan fingerprint density at radius 3 is 2.63 bits per heavy atom. The van der Waals surface area contributed by atoms with Gasteiger partial charge >= 0.3 is 6.09 Å². The molecule has 1 amide bonds. The molecule has 0 spiro atoms. The van der Waals surface area contributed by atoms with Crippen LogP contribution in [0.5, 0.6) is 0 Å². The second-order valence-corrected chi connectivity index (χ2v) is 8.77. The number of anilines is 1. The van der Waals surface area contributed by atoms with Gasteiger partial charge in [-0.25, -0.2) is 4.79 Å². The van der Waals surface area contributed by atoms with E-state index in [1.807, 2.05) is 54.7 Å². The summed E-state index contributed by atoms with van der Waals surface area (Å²) < 4.78 is 6.46. The summed E-state index contributed by atoms with van der Waals surface area (Å²) in [6.45, 7) is 2.69. The smallest absolute Gasteiger partial charge is 0.411 e. The molecule has 2 heterocycles. The monoisotopic (exact) mass is 517 g/mol. The van der Waals surface area contributed by atoms with Gasteiger partial charge in [0.15, 0.2) is 5.78 Å². The number of piperidine rings is 1. The van der Waals surface area contributed by atoms with Crippen LogP contribution in [0.15, 0.2) is 54.7 Å². The molecule has 0 aliphatic carbocycles. The van der Waals surface area contributed by atoms with Gasteiger partial charge in [-0.2, -0.15) is 0 Å². The minimum atomic E-state index is -0.450. The van der Waals surface area contributed by atoms with Gasteiger partial charge in [0, 0.05) is 44.4 Å². The van der Waals surface area contributed by atoms with Crippen molar-refractivity contribution in [2.75, 3.05) is 31.6 Å². The normalized spacial score (nSPS) is 15.2. The summed E-state index contributed by atoms with van der Waals surface area (Å²) in [5, 5.41) is 3.80. The first-order valence-electron chi connectivity index (χ1n) is 10.1. The number of carbonyl (C=O) groups is 2. The SMILES string of the molecule is O=C(Nc1ccc2[nH]ccc2c1)OCCN1CCC(C(=O)c2ccc(I)cc2)CC1. The van der Waals surface area contributed by atoms with Crippen LogP contribution < -0.4 is 5.32 Å². The molecule has 1 fully saturated rings. The molecule has 1 aliphatic heterocycles. The highest BCUT2D eigenvalue weighted by Crippen LogP contribution is 2.22. The summed E-state index contributed by atoms with van der Waals surface area (Å²) in [6, 6.07) is 15.4. The average Bonchev–Trinajstić information content (AvgIpc) is 3.22. The lowest BCUT2D eigenvalue weighted by Crippen LogP contribution is -2.38. The second kappa shape index (κ2) is 9.61. The molecule has 0 atom stereocenters. The van der Waals surface area contributed by atoms with Crippen LogP contribution in [0.25, 0.3) is 10.9 Å².